The largest absolute Gasteiger partial charge is 0.315 e. The van der Waals surface area contributed by atoms with Gasteiger partial charge in [0.1, 0.15) is 0 Å². The van der Waals surface area contributed by atoms with E-state index in [0.29, 0.717) is 0 Å². The molecule has 1 aromatic carbocycles. The lowest BCUT2D eigenvalue weighted by atomic mass is 10.1. The quantitative estimate of drug-likeness (QED) is 0.676. The van der Waals surface area contributed by atoms with Crippen molar-refractivity contribution in [2.45, 2.75) is 33.1 Å². The molecule has 102 valence electrons. The summed E-state index contributed by atoms with van der Waals surface area (Å²) in [5.74, 6) is 0. The molecule has 1 N–H and O–H groups in total. The van der Waals surface area contributed by atoms with Crippen molar-refractivity contribution in [3.8, 4) is 0 Å². The first-order chi connectivity index (χ1) is 8.72. The number of nitrogens with one attached hydrogen (secondary N) is 1. The highest BCUT2D eigenvalue weighted by Gasteiger charge is 1.99. The van der Waals surface area contributed by atoms with E-state index in [-0.39, 0.29) is 0 Å². The lowest BCUT2D eigenvalue weighted by Crippen LogP contribution is -2.30. The minimum atomic E-state index is 1.11. The molecule has 0 fully saturated rings. The van der Waals surface area contributed by atoms with Gasteiger partial charge >= 0.3 is 0 Å². The average Bonchev–Trinajstić information content (AvgIpc) is 2.35. The van der Waals surface area contributed by atoms with Gasteiger partial charge in [0.05, 0.1) is 0 Å². The van der Waals surface area contributed by atoms with Gasteiger partial charge in [0, 0.05) is 13.1 Å². The summed E-state index contributed by atoms with van der Waals surface area (Å²) in [5.41, 5.74) is 2.83. The molecule has 0 aliphatic heterocycles. The van der Waals surface area contributed by atoms with E-state index in [4.69, 9.17) is 0 Å². The second-order valence-electron chi connectivity index (χ2n) is 5.15. The second-order valence-corrected chi connectivity index (χ2v) is 5.15. The van der Waals surface area contributed by atoms with Crippen molar-refractivity contribution in [1.29, 1.82) is 0 Å². The Balaban J connectivity index is 2.09. The number of hydrogen-bond donors (Lipinski definition) is 1. The van der Waals surface area contributed by atoms with E-state index in [1.807, 2.05) is 0 Å². The van der Waals surface area contributed by atoms with Crippen molar-refractivity contribution in [3.63, 3.8) is 0 Å². The first-order valence-electron chi connectivity index (χ1n) is 7.17. The Morgan fingerprint density at radius 2 is 2.00 bits per heavy atom. The second kappa shape index (κ2) is 9.12. The first kappa shape index (κ1) is 15.2. The molecule has 0 spiro atoms. The van der Waals surface area contributed by atoms with E-state index in [9.17, 15) is 0 Å². The molecule has 0 saturated carbocycles. The van der Waals surface area contributed by atoms with Crippen LogP contribution in [0.15, 0.2) is 24.3 Å². The van der Waals surface area contributed by atoms with Gasteiger partial charge in [-0.15, -0.1) is 0 Å². The predicted octanol–water partition coefficient (Wildman–Crippen LogP) is 2.86. The Morgan fingerprint density at radius 3 is 2.72 bits per heavy atom. The number of likely N-dealkylation sites (N-methyl/N-ethyl adjacent to an activating group) is 1. The molecule has 2 heteroatoms. The predicted molar refractivity (Wildman–Crippen MR) is 80.2 cm³/mol. The lowest BCUT2D eigenvalue weighted by molar-refractivity contribution is 0.327. The van der Waals surface area contributed by atoms with Gasteiger partial charge in [-0.25, -0.2) is 0 Å². The molecule has 0 atom stereocenters. The molecular weight excluding hydrogens is 220 g/mol. The summed E-state index contributed by atoms with van der Waals surface area (Å²) < 4.78 is 0. The standard InChI is InChI=1S/C16H28N2/c1-4-10-17-11-13-18(3)12-6-9-16-8-5-7-15(2)14-16/h5,7-8,14,17H,4,6,9-13H2,1-3H3. The van der Waals surface area contributed by atoms with Crippen molar-refractivity contribution in [2.75, 3.05) is 33.2 Å². The third-order valence-electron chi connectivity index (χ3n) is 3.18. The molecule has 0 amide bonds. The highest BCUT2D eigenvalue weighted by atomic mass is 15.1. The molecule has 0 aliphatic rings. The molecule has 0 saturated heterocycles. The van der Waals surface area contributed by atoms with Crippen LogP contribution in [-0.2, 0) is 6.42 Å². The molecule has 1 aromatic rings. The van der Waals surface area contributed by atoms with Crippen molar-refractivity contribution in [3.05, 3.63) is 35.4 Å². The maximum Gasteiger partial charge on any atom is 0.0104 e. The summed E-state index contributed by atoms with van der Waals surface area (Å²) in [6, 6.07) is 8.84. The normalized spacial score (nSPS) is 11.1. The highest BCUT2D eigenvalue weighted by Crippen LogP contribution is 2.06. The summed E-state index contributed by atoms with van der Waals surface area (Å²) in [4.78, 5) is 2.42. The Labute approximate surface area is 112 Å². The number of hydrogen-bond acceptors (Lipinski definition) is 2. The summed E-state index contributed by atoms with van der Waals surface area (Å²) >= 11 is 0. The molecule has 0 aliphatic carbocycles. The van der Waals surface area contributed by atoms with E-state index in [0.717, 1.165) is 19.6 Å². The van der Waals surface area contributed by atoms with Crippen molar-refractivity contribution in [1.82, 2.24) is 10.2 Å². The van der Waals surface area contributed by atoms with Gasteiger partial charge in [-0.3, -0.25) is 0 Å². The monoisotopic (exact) mass is 248 g/mol. The van der Waals surface area contributed by atoms with Gasteiger partial charge in [0.25, 0.3) is 0 Å². The van der Waals surface area contributed by atoms with Crippen molar-refractivity contribution in [2.24, 2.45) is 0 Å². The van der Waals surface area contributed by atoms with Gasteiger partial charge in [-0.2, -0.15) is 0 Å². The van der Waals surface area contributed by atoms with Crippen LogP contribution >= 0.6 is 0 Å². The summed E-state index contributed by atoms with van der Waals surface area (Å²) in [7, 11) is 2.21. The van der Waals surface area contributed by atoms with Crippen molar-refractivity contribution < 1.29 is 0 Å². The van der Waals surface area contributed by atoms with Crippen LogP contribution in [0.4, 0.5) is 0 Å². The van der Waals surface area contributed by atoms with Crippen LogP contribution in [0, 0.1) is 6.92 Å². The summed E-state index contributed by atoms with van der Waals surface area (Å²) in [6.07, 6.45) is 3.65. The lowest BCUT2D eigenvalue weighted by Gasteiger charge is -2.16. The third kappa shape index (κ3) is 6.77. The molecule has 18 heavy (non-hydrogen) atoms. The zero-order valence-electron chi connectivity index (χ0n) is 12.2. The minimum Gasteiger partial charge on any atom is -0.315 e. The molecule has 0 bridgehead atoms. The number of aryl methyl sites for hydroxylation is 2. The number of nitrogens with zero attached hydrogens (tertiary/aromatic N) is 1. The minimum absolute atomic E-state index is 1.11. The van der Waals surface area contributed by atoms with Crippen LogP contribution in [0.1, 0.15) is 30.9 Å². The van der Waals surface area contributed by atoms with Gasteiger partial charge in [0.15, 0.2) is 0 Å². The maximum atomic E-state index is 3.44. The third-order valence-corrected chi connectivity index (χ3v) is 3.18. The average molecular weight is 248 g/mol. The molecule has 0 heterocycles. The summed E-state index contributed by atoms with van der Waals surface area (Å²) in [5, 5.41) is 3.44. The molecule has 1 rings (SSSR count). The fraction of sp³-hybridized carbons (Fsp3) is 0.625. The zero-order valence-corrected chi connectivity index (χ0v) is 12.2. The number of benzene rings is 1. The SMILES string of the molecule is CCCNCCN(C)CCCc1cccc(C)c1. The topological polar surface area (TPSA) is 15.3 Å². The first-order valence-corrected chi connectivity index (χ1v) is 7.17. The van der Waals surface area contributed by atoms with Gasteiger partial charge in [-0.1, -0.05) is 36.8 Å². The maximum absolute atomic E-state index is 3.44. The number of rotatable bonds is 9. The van der Waals surface area contributed by atoms with Crippen LogP contribution in [0.2, 0.25) is 0 Å². The van der Waals surface area contributed by atoms with Crippen LogP contribution in [0.5, 0.6) is 0 Å². The van der Waals surface area contributed by atoms with Crippen LogP contribution < -0.4 is 5.32 Å². The van der Waals surface area contributed by atoms with E-state index in [2.05, 4.69) is 55.4 Å². The molecule has 2 nitrogen and oxygen atoms in total. The van der Waals surface area contributed by atoms with E-state index < -0.39 is 0 Å². The van der Waals surface area contributed by atoms with Crippen LogP contribution in [0.25, 0.3) is 0 Å². The highest BCUT2D eigenvalue weighted by molar-refractivity contribution is 5.22. The molecular formula is C16H28N2. The van der Waals surface area contributed by atoms with E-state index >= 15 is 0 Å². The van der Waals surface area contributed by atoms with Gasteiger partial charge < -0.3 is 10.2 Å². The fourth-order valence-corrected chi connectivity index (χ4v) is 2.10. The zero-order chi connectivity index (χ0) is 13.2. The van der Waals surface area contributed by atoms with E-state index in [1.165, 1.54) is 36.9 Å². The smallest absolute Gasteiger partial charge is 0.0104 e. The fourth-order valence-electron chi connectivity index (χ4n) is 2.10. The Hall–Kier alpha value is -0.860. The summed E-state index contributed by atoms with van der Waals surface area (Å²) in [6.45, 7) is 8.94. The van der Waals surface area contributed by atoms with Crippen molar-refractivity contribution >= 4 is 0 Å². The van der Waals surface area contributed by atoms with Crippen LogP contribution in [-0.4, -0.2) is 38.1 Å². The Kier molecular flexibility index (Phi) is 7.70. The molecule has 0 unspecified atom stereocenters. The Bertz CT molecular complexity index is 323. The molecule has 0 aromatic heterocycles. The van der Waals surface area contributed by atoms with Gasteiger partial charge in [-0.05, 0) is 51.9 Å². The van der Waals surface area contributed by atoms with Gasteiger partial charge in [0.2, 0.25) is 0 Å². The molecule has 0 radical (unpaired) electrons. The van der Waals surface area contributed by atoms with Crippen LogP contribution in [0.3, 0.4) is 0 Å². The Morgan fingerprint density at radius 1 is 1.17 bits per heavy atom. The van der Waals surface area contributed by atoms with E-state index in [1.54, 1.807) is 0 Å².